The highest BCUT2D eigenvalue weighted by molar-refractivity contribution is 5.86. The van der Waals surface area contributed by atoms with Crippen molar-refractivity contribution < 1.29 is 4.90 Å². The number of aromatic nitrogens is 1. The Morgan fingerprint density at radius 3 is 2.69 bits per heavy atom. The molecule has 134 valence electrons. The molecule has 2 nitrogen and oxygen atoms in total. The van der Waals surface area contributed by atoms with E-state index in [4.69, 9.17) is 0 Å². The molecule has 0 spiro atoms. The second-order valence-corrected chi connectivity index (χ2v) is 8.70. The van der Waals surface area contributed by atoms with Gasteiger partial charge >= 0.3 is 0 Å². The van der Waals surface area contributed by atoms with Gasteiger partial charge in [0.05, 0.1) is 18.8 Å². The lowest BCUT2D eigenvalue weighted by Crippen LogP contribution is -3.21. The molecular formula is C24H29N2+. The molecule has 1 unspecified atom stereocenters. The van der Waals surface area contributed by atoms with Crippen LogP contribution < -0.4 is 4.90 Å². The van der Waals surface area contributed by atoms with Crippen LogP contribution in [0.5, 0.6) is 0 Å². The van der Waals surface area contributed by atoms with Gasteiger partial charge in [-0.3, -0.25) is 0 Å². The first-order chi connectivity index (χ1) is 12.7. The van der Waals surface area contributed by atoms with Crippen molar-refractivity contribution in [3.8, 4) is 0 Å². The van der Waals surface area contributed by atoms with Gasteiger partial charge in [-0.05, 0) is 30.5 Å². The van der Waals surface area contributed by atoms with E-state index in [9.17, 15) is 0 Å². The molecule has 0 saturated carbocycles. The van der Waals surface area contributed by atoms with Crippen molar-refractivity contribution >= 4 is 10.9 Å². The van der Waals surface area contributed by atoms with Gasteiger partial charge in [-0.2, -0.15) is 0 Å². The maximum Gasteiger partial charge on any atom is 0.136 e. The summed E-state index contributed by atoms with van der Waals surface area (Å²) in [4.78, 5) is 1.81. The lowest BCUT2D eigenvalue weighted by molar-refractivity contribution is -0.970. The summed E-state index contributed by atoms with van der Waals surface area (Å²) >= 11 is 0. The third kappa shape index (κ3) is 2.35. The van der Waals surface area contributed by atoms with E-state index in [1.54, 1.807) is 16.2 Å². The number of nitrogens with zero attached hydrogens (tertiary/aromatic N) is 1. The van der Waals surface area contributed by atoms with Crippen molar-refractivity contribution in [2.24, 2.45) is 5.92 Å². The summed E-state index contributed by atoms with van der Waals surface area (Å²) in [5, 5.41) is 1.48. The highest BCUT2D eigenvalue weighted by Gasteiger charge is 2.48. The average molecular weight is 346 g/mol. The number of para-hydroxylation sites is 1. The highest BCUT2D eigenvalue weighted by Crippen LogP contribution is 2.39. The molecule has 2 aliphatic heterocycles. The fourth-order valence-electron chi connectivity index (χ4n) is 5.59. The van der Waals surface area contributed by atoms with Gasteiger partial charge in [-0.15, -0.1) is 0 Å². The molecule has 2 heteroatoms. The maximum absolute atomic E-state index is 2.65. The van der Waals surface area contributed by atoms with Crippen LogP contribution in [-0.2, 0) is 18.5 Å². The fourth-order valence-corrected chi connectivity index (χ4v) is 5.59. The van der Waals surface area contributed by atoms with Crippen LogP contribution >= 0.6 is 0 Å². The first-order valence-electron chi connectivity index (χ1n) is 10.2. The van der Waals surface area contributed by atoms with Crippen molar-refractivity contribution in [1.29, 1.82) is 0 Å². The maximum atomic E-state index is 2.65. The molecular weight excluding hydrogens is 316 g/mol. The predicted molar refractivity (Wildman–Crippen MR) is 108 cm³/mol. The summed E-state index contributed by atoms with van der Waals surface area (Å²) in [5.41, 5.74) is 6.32. The zero-order chi connectivity index (χ0) is 17.7. The molecule has 1 N–H and O–H groups in total. The number of rotatable bonds is 2. The largest absolute Gasteiger partial charge is 0.334 e. The van der Waals surface area contributed by atoms with Gasteiger partial charge in [-0.25, -0.2) is 0 Å². The van der Waals surface area contributed by atoms with E-state index in [0.29, 0.717) is 0 Å². The Morgan fingerprint density at radius 1 is 1.08 bits per heavy atom. The van der Waals surface area contributed by atoms with Crippen LogP contribution in [0.4, 0.5) is 0 Å². The van der Waals surface area contributed by atoms with Crippen molar-refractivity contribution in [2.45, 2.75) is 45.2 Å². The molecule has 1 aromatic heterocycles. The summed E-state index contributed by atoms with van der Waals surface area (Å²) in [5.74, 6) is 0.853. The highest BCUT2D eigenvalue weighted by atomic mass is 15.2. The minimum Gasteiger partial charge on any atom is -0.334 e. The second kappa shape index (κ2) is 5.99. The van der Waals surface area contributed by atoms with Crippen molar-refractivity contribution in [2.75, 3.05) is 13.1 Å². The van der Waals surface area contributed by atoms with E-state index in [1.807, 2.05) is 0 Å². The first kappa shape index (κ1) is 16.1. The van der Waals surface area contributed by atoms with Crippen LogP contribution in [0.3, 0.4) is 0 Å². The monoisotopic (exact) mass is 345 g/mol. The SMILES string of the molecule is C[C@@H]1CC[C@]2(C)c3c(c4ccccc4n3Cc3ccccc3)CC[NH+]2C1. The lowest BCUT2D eigenvalue weighted by atomic mass is 9.77. The quantitative estimate of drug-likeness (QED) is 0.724. The van der Waals surface area contributed by atoms with E-state index >= 15 is 0 Å². The summed E-state index contributed by atoms with van der Waals surface area (Å²) in [6.45, 7) is 8.55. The molecule has 2 aliphatic rings. The van der Waals surface area contributed by atoms with E-state index in [-0.39, 0.29) is 5.54 Å². The van der Waals surface area contributed by atoms with Crippen LogP contribution in [0.25, 0.3) is 10.9 Å². The third-order valence-corrected chi connectivity index (χ3v) is 6.97. The Labute approximate surface area is 156 Å². The zero-order valence-corrected chi connectivity index (χ0v) is 16.0. The Morgan fingerprint density at radius 2 is 1.85 bits per heavy atom. The molecule has 0 amide bonds. The molecule has 0 radical (unpaired) electrons. The molecule has 26 heavy (non-hydrogen) atoms. The Kier molecular flexibility index (Phi) is 3.72. The molecule has 2 aromatic carbocycles. The summed E-state index contributed by atoms with van der Waals surface area (Å²) in [7, 11) is 0. The number of hydrogen-bond acceptors (Lipinski definition) is 0. The van der Waals surface area contributed by atoms with Crippen molar-refractivity contribution in [1.82, 2.24) is 4.57 Å². The normalized spacial score (nSPS) is 27.9. The number of nitrogens with one attached hydrogen (secondary N) is 1. The second-order valence-electron chi connectivity index (χ2n) is 8.70. The standard InChI is InChI=1S/C24H28N2/c1-18-12-14-24(2)23-21(13-15-25(24)16-18)20-10-6-7-11-22(20)26(23)17-19-8-4-3-5-9-19/h3-11,18H,12-17H2,1-2H3/p+1/t18-,24-/m1/s1. The number of benzene rings is 2. The number of hydrogen-bond donors (Lipinski definition) is 1. The molecule has 3 aromatic rings. The number of fused-ring (bicyclic) bond motifs is 5. The van der Waals surface area contributed by atoms with E-state index in [0.717, 1.165) is 12.5 Å². The zero-order valence-electron chi connectivity index (χ0n) is 16.0. The summed E-state index contributed by atoms with van der Waals surface area (Å²) in [6, 6.07) is 20.0. The summed E-state index contributed by atoms with van der Waals surface area (Å²) in [6.07, 6.45) is 3.88. The van der Waals surface area contributed by atoms with Gasteiger partial charge in [0.15, 0.2) is 0 Å². The smallest absolute Gasteiger partial charge is 0.136 e. The third-order valence-electron chi connectivity index (χ3n) is 6.97. The van der Waals surface area contributed by atoms with Gasteiger partial charge < -0.3 is 9.47 Å². The molecule has 1 fully saturated rings. The van der Waals surface area contributed by atoms with E-state index in [2.05, 4.69) is 73.0 Å². The van der Waals surface area contributed by atoms with Gasteiger partial charge in [-0.1, -0.05) is 55.5 Å². The van der Waals surface area contributed by atoms with Crippen LogP contribution in [0.15, 0.2) is 54.6 Å². The van der Waals surface area contributed by atoms with Gasteiger partial charge in [0, 0.05) is 36.2 Å². The van der Waals surface area contributed by atoms with Gasteiger partial charge in [0.1, 0.15) is 5.54 Å². The Bertz CT molecular complexity index is 940. The summed E-state index contributed by atoms with van der Waals surface area (Å²) < 4.78 is 2.65. The van der Waals surface area contributed by atoms with Crippen LogP contribution in [0, 0.1) is 5.92 Å². The molecule has 3 atom stereocenters. The van der Waals surface area contributed by atoms with Gasteiger partial charge in [0.25, 0.3) is 0 Å². The van der Waals surface area contributed by atoms with E-state index < -0.39 is 0 Å². The first-order valence-corrected chi connectivity index (χ1v) is 10.2. The number of piperidine rings is 1. The fraction of sp³-hybridized carbons (Fsp3) is 0.417. The Hall–Kier alpha value is -2.06. The molecule has 3 heterocycles. The average Bonchev–Trinajstić information content (AvgIpc) is 2.98. The minimum atomic E-state index is 0.258. The van der Waals surface area contributed by atoms with E-state index in [1.165, 1.54) is 48.8 Å². The van der Waals surface area contributed by atoms with Crippen LogP contribution in [-0.4, -0.2) is 17.7 Å². The predicted octanol–water partition coefficient (Wildman–Crippen LogP) is 3.78. The molecule has 0 aliphatic carbocycles. The molecule has 0 bridgehead atoms. The van der Waals surface area contributed by atoms with Crippen LogP contribution in [0.2, 0.25) is 0 Å². The Balaban J connectivity index is 1.72. The molecule has 5 rings (SSSR count). The van der Waals surface area contributed by atoms with Crippen LogP contribution in [0.1, 0.15) is 43.5 Å². The number of quaternary nitrogens is 1. The molecule has 1 saturated heterocycles. The lowest BCUT2D eigenvalue weighted by Gasteiger charge is -2.47. The van der Waals surface area contributed by atoms with Crippen molar-refractivity contribution in [3.63, 3.8) is 0 Å². The topological polar surface area (TPSA) is 9.37 Å². The minimum absolute atomic E-state index is 0.258. The van der Waals surface area contributed by atoms with Gasteiger partial charge in [0.2, 0.25) is 0 Å². The van der Waals surface area contributed by atoms with Crippen molar-refractivity contribution in [3.05, 3.63) is 71.4 Å².